The Kier molecular flexibility index (Phi) is 6.28. The number of hydrogen-bond donors (Lipinski definition) is 1. The number of aromatic nitrogens is 3. The lowest BCUT2D eigenvalue weighted by molar-refractivity contribution is -0.0133. The fourth-order valence-electron chi connectivity index (χ4n) is 4.47. The van der Waals surface area contributed by atoms with Crippen molar-refractivity contribution >= 4 is 23.0 Å². The van der Waals surface area contributed by atoms with Gasteiger partial charge in [-0.3, -0.25) is 4.79 Å². The first-order valence-corrected chi connectivity index (χ1v) is 11.9. The van der Waals surface area contributed by atoms with Gasteiger partial charge in [0, 0.05) is 5.92 Å². The van der Waals surface area contributed by atoms with Gasteiger partial charge in [-0.25, -0.2) is 4.79 Å². The molecule has 1 unspecified atom stereocenters. The van der Waals surface area contributed by atoms with Gasteiger partial charge in [-0.1, -0.05) is 65.9 Å². The number of fused-ring (bicyclic) bond motifs is 4. The summed E-state index contributed by atoms with van der Waals surface area (Å²) >= 11 is 0. The third-order valence-corrected chi connectivity index (χ3v) is 6.18. The number of para-hydroxylation sites is 1. The lowest BCUT2D eigenvalue weighted by Crippen LogP contribution is -2.48. The minimum atomic E-state index is -1.01. The molecule has 3 aromatic carbocycles. The number of ether oxygens (including phenoxy) is 2. The van der Waals surface area contributed by atoms with Crippen LogP contribution in [0.3, 0.4) is 0 Å². The van der Waals surface area contributed by atoms with Gasteiger partial charge in [0.1, 0.15) is 18.2 Å². The smallest absolute Gasteiger partial charge is 0.407 e. The maximum atomic E-state index is 13.4. The molecule has 0 spiro atoms. The van der Waals surface area contributed by atoms with E-state index in [9.17, 15) is 9.59 Å². The lowest BCUT2D eigenvalue weighted by atomic mass is 9.98. The highest BCUT2D eigenvalue weighted by atomic mass is 16.5. The van der Waals surface area contributed by atoms with Crippen LogP contribution in [0.4, 0.5) is 4.79 Å². The second-order valence-corrected chi connectivity index (χ2v) is 9.77. The largest absolute Gasteiger partial charge is 0.449 e. The van der Waals surface area contributed by atoms with E-state index in [1.54, 1.807) is 18.2 Å². The van der Waals surface area contributed by atoms with Crippen molar-refractivity contribution in [3.63, 3.8) is 0 Å². The quantitative estimate of drug-likeness (QED) is 0.423. The SMILES string of the molecule is CC(C)(C)OCC(NC(=O)OCC1c2ccccc2-c2ccccc21)C(=O)n1nnc2ccccc21. The van der Waals surface area contributed by atoms with Gasteiger partial charge < -0.3 is 14.8 Å². The fourth-order valence-corrected chi connectivity index (χ4v) is 4.47. The van der Waals surface area contributed by atoms with E-state index in [0.717, 1.165) is 22.3 Å². The molecule has 1 aromatic heterocycles. The van der Waals surface area contributed by atoms with Crippen LogP contribution in [-0.2, 0) is 9.47 Å². The molecule has 1 atom stereocenters. The zero-order valence-corrected chi connectivity index (χ0v) is 20.5. The molecule has 0 bridgehead atoms. The Morgan fingerprint density at radius 2 is 1.56 bits per heavy atom. The van der Waals surface area contributed by atoms with Crippen LogP contribution in [0.5, 0.6) is 0 Å². The van der Waals surface area contributed by atoms with E-state index in [2.05, 4.69) is 39.9 Å². The summed E-state index contributed by atoms with van der Waals surface area (Å²) in [5.74, 6) is -0.538. The van der Waals surface area contributed by atoms with E-state index < -0.39 is 23.6 Å². The summed E-state index contributed by atoms with van der Waals surface area (Å²) in [6, 6.07) is 22.4. The van der Waals surface area contributed by atoms with Gasteiger partial charge in [-0.15, -0.1) is 5.10 Å². The van der Waals surface area contributed by atoms with Crippen molar-refractivity contribution in [3.8, 4) is 11.1 Å². The van der Waals surface area contributed by atoms with Crippen LogP contribution in [0.15, 0.2) is 72.8 Å². The van der Waals surface area contributed by atoms with E-state index in [4.69, 9.17) is 9.47 Å². The topological polar surface area (TPSA) is 95.3 Å². The second-order valence-electron chi connectivity index (χ2n) is 9.77. The summed E-state index contributed by atoms with van der Waals surface area (Å²) in [4.78, 5) is 26.3. The van der Waals surface area contributed by atoms with Gasteiger partial charge in [-0.05, 0) is 55.2 Å². The molecular formula is C28H28N4O4. The van der Waals surface area contributed by atoms with Crippen molar-refractivity contribution < 1.29 is 19.1 Å². The van der Waals surface area contributed by atoms with Gasteiger partial charge in [0.15, 0.2) is 0 Å². The maximum absolute atomic E-state index is 13.4. The highest BCUT2D eigenvalue weighted by Gasteiger charge is 2.31. The molecule has 0 saturated heterocycles. The Hall–Kier alpha value is -4.04. The van der Waals surface area contributed by atoms with Crippen molar-refractivity contribution in [2.45, 2.75) is 38.3 Å². The van der Waals surface area contributed by atoms with Gasteiger partial charge in [0.05, 0.1) is 17.7 Å². The second kappa shape index (κ2) is 9.54. The minimum absolute atomic E-state index is 0.0410. The van der Waals surface area contributed by atoms with E-state index in [-0.39, 0.29) is 19.1 Å². The fraction of sp³-hybridized carbons (Fsp3) is 0.286. The summed E-state index contributed by atoms with van der Waals surface area (Å²) in [7, 11) is 0. The minimum Gasteiger partial charge on any atom is -0.449 e. The zero-order valence-electron chi connectivity index (χ0n) is 20.5. The molecule has 8 heteroatoms. The van der Waals surface area contributed by atoms with Gasteiger partial charge in [0.25, 0.3) is 5.91 Å². The number of carbonyl (C=O) groups excluding carboxylic acids is 2. The number of nitrogens with zero attached hydrogens (tertiary/aromatic N) is 3. The molecule has 0 saturated carbocycles. The highest BCUT2D eigenvalue weighted by Crippen LogP contribution is 2.44. The number of rotatable bonds is 6. The van der Waals surface area contributed by atoms with Crippen LogP contribution in [0.25, 0.3) is 22.2 Å². The molecule has 1 amide bonds. The highest BCUT2D eigenvalue weighted by molar-refractivity contribution is 5.93. The summed E-state index contributed by atoms with van der Waals surface area (Å²) < 4.78 is 12.7. The number of amides is 1. The van der Waals surface area contributed by atoms with Crippen molar-refractivity contribution in [2.75, 3.05) is 13.2 Å². The third kappa shape index (κ3) is 4.72. The van der Waals surface area contributed by atoms with Gasteiger partial charge in [-0.2, -0.15) is 4.68 Å². The molecule has 1 heterocycles. The molecule has 5 rings (SSSR count). The normalized spacial score (nSPS) is 13.8. The van der Waals surface area contributed by atoms with Crippen molar-refractivity contribution in [1.29, 1.82) is 0 Å². The Bertz CT molecular complexity index is 1380. The first-order chi connectivity index (χ1) is 17.3. The number of benzene rings is 3. The van der Waals surface area contributed by atoms with Gasteiger partial charge >= 0.3 is 6.09 Å². The van der Waals surface area contributed by atoms with Crippen molar-refractivity contribution in [1.82, 2.24) is 20.3 Å². The maximum Gasteiger partial charge on any atom is 0.407 e. The molecule has 1 aliphatic carbocycles. The Morgan fingerprint density at radius 3 is 2.22 bits per heavy atom. The van der Waals surface area contributed by atoms with Crippen molar-refractivity contribution in [2.24, 2.45) is 0 Å². The summed E-state index contributed by atoms with van der Waals surface area (Å²) in [5.41, 5.74) is 5.15. The lowest BCUT2D eigenvalue weighted by Gasteiger charge is -2.24. The molecular weight excluding hydrogens is 456 g/mol. The Labute approximate surface area is 209 Å². The van der Waals surface area contributed by atoms with Crippen LogP contribution in [0.2, 0.25) is 0 Å². The van der Waals surface area contributed by atoms with E-state index in [1.807, 2.05) is 51.1 Å². The predicted molar refractivity (Wildman–Crippen MR) is 136 cm³/mol. The molecule has 1 N–H and O–H groups in total. The van der Waals surface area contributed by atoms with Crippen LogP contribution in [0.1, 0.15) is 42.6 Å². The van der Waals surface area contributed by atoms with Crippen LogP contribution < -0.4 is 5.32 Å². The molecule has 0 fully saturated rings. The van der Waals surface area contributed by atoms with Crippen molar-refractivity contribution in [3.05, 3.63) is 83.9 Å². The van der Waals surface area contributed by atoms with E-state index in [0.29, 0.717) is 11.0 Å². The average molecular weight is 485 g/mol. The number of alkyl carbamates (subject to hydrolysis) is 1. The third-order valence-electron chi connectivity index (χ3n) is 6.18. The molecule has 0 aliphatic heterocycles. The van der Waals surface area contributed by atoms with Crippen LogP contribution >= 0.6 is 0 Å². The number of nitrogens with one attached hydrogen (secondary N) is 1. The van der Waals surface area contributed by atoms with Crippen LogP contribution in [-0.4, -0.2) is 51.9 Å². The monoisotopic (exact) mass is 484 g/mol. The van der Waals surface area contributed by atoms with E-state index >= 15 is 0 Å². The zero-order chi connectivity index (χ0) is 25.3. The van der Waals surface area contributed by atoms with Gasteiger partial charge in [0.2, 0.25) is 0 Å². The summed E-state index contributed by atoms with van der Waals surface area (Å²) in [6.07, 6.45) is -0.697. The Balaban J connectivity index is 1.32. The number of hydrogen-bond acceptors (Lipinski definition) is 6. The number of carbonyl (C=O) groups is 2. The van der Waals surface area contributed by atoms with E-state index in [1.165, 1.54) is 4.68 Å². The predicted octanol–water partition coefficient (Wildman–Crippen LogP) is 4.79. The molecule has 8 nitrogen and oxygen atoms in total. The molecule has 0 radical (unpaired) electrons. The average Bonchev–Trinajstić information content (AvgIpc) is 3.44. The summed E-state index contributed by atoms with van der Waals surface area (Å²) in [6.45, 7) is 5.75. The first kappa shape index (κ1) is 23.7. The molecule has 36 heavy (non-hydrogen) atoms. The summed E-state index contributed by atoms with van der Waals surface area (Å²) in [5, 5.41) is 10.7. The molecule has 1 aliphatic rings. The van der Waals surface area contributed by atoms with Crippen LogP contribution in [0, 0.1) is 0 Å². The molecule has 4 aromatic rings. The Morgan fingerprint density at radius 1 is 0.944 bits per heavy atom. The standard InChI is InChI=1S/C28H28N4O4/c1-28(2,3)36-17-24(26(33)32-25-15-9-8-14-23(25)30-31-32)29-27(34)35-16-22-20-12-6-4-10-18(20)19-11-5-7-13-21(19)22/h4-15,22,24H,16-17H2,1-3H3,(H,29,34). The molecule has 184 valence electrons. The first-order valence-electron chi connectivity index (χ1n) is 11.9.